The van der Waals surface area contributed by atoms with E-state index in [0.29, 0.717) is 6.54 Å². The number of hydrogen-bond donors (Lipinski definition) is 1. The fourth-order valence-corrected chi connectivity index (χ4v) is 1.76. The van der Waals surface area contributed by atoms with Crippen molar-refractivity contribution >= 4 is 6.09 Å². The van der Waals surface area contributed by atoms with Gasteiger partial charge in [-0.2, -0.15) is 0 Å². The fraction of sp³-hybridized carbons (Fsp3) is 0.909. The van der Waals surface area contributed by atoms with E-state index in [4.69, 9.17) is 9.47 Å². The smallest absolute Gasteiger partial charge is 0.412 e. The second-order valence-corrected chi connectivity index (χ2v) is 5.04. The first-order chi connectivity index (χ1) is 7.35. The standard InChI is InChI=1S/C11H22N2O3/c1-8-9(15-5)13(7-6-12-8)10(14)16-11(2,3)4/h8-9,12H,6-7H2,1-5H3. The van der Waals surface area contributed by atoms with E-state index in [9.17, 15) is 4.79 Å². The molecule has 94 valence electrons. The minimum absolute atomic E-state index is 0.117. The van der Waals surface area contributed by atoms with Crippen molar-refractivity contribution < 1.29 is 14.3 Å². The molecule has 2 atom stereocenters. The van der Waals surface area contributed by atoms with E-state index < -0.39 is 5.60 Å². The third-order valence-corrected chi connectivity index (χ3v) is 2.42. The molecule has 0 saturated carbocycles. The van der Waals surface area contributed by atoms with Crippen molar-refractivity contribution in [3.63, 3.8) is 0 Å². The number of hydrogen-bond acceptors (Lipinski definition) is 4. The molecular formula is C11H22N2O3. The Kier molecular flexibility index (Phi) is 4.15. The topological polar surface area (TPSA) is 50.8 Å². The summed E-state index contributed by atoms with van der Waals surface area (Å²) in [6.45, 7) is 8.94. The van der Waals surface area contributed by atoms with E-state index >= 15 is 0 Å². The summed E-state index contributed by atoms with van der Waals surface area (Å²) < 4.78 is 10.7. The summed E-state index contributed by atoms with van der Waals surface area (Å²) in [4.78, 5) is 13.6. The fourth-order valence-electron chi connectivity index (χ4n) is 1.76. The summed E-state index contributed by atoms with van der Waals surface area (Å²) in [6, 6.07) is 0.117. The molecular weight excluding hydrogens is 208 g/mol. The van der Waals surface area contributed by atoms with Gasteiger partial charge in [-0.3, -0.25) is 4.90 Å². The van der Waals surface area contributed by atoms with Gasteiger partial charge < -0.3 is 14.8 Å². The van der Waals surface area contributed by atoms with Crippen molar-refractivity contribution in [1.29, 1.82) is 0 Å². The van der Waals surface area contributed by atoms with E-state index in [1.54, 1.807) is 12.0 Å². The van der Waals surface area contributed by atoms with Crippen LogP contribution in [0.25, 0.3) is 0 Å². The van der Waals surface area contributed by atoms with Crippen molar-refractivity contribution in [1.82, 2.24) is 10.2 Å². The predicted molar refractivity (Wildman–Crippen MR) is 61.2 cm³/mol. The van der Waals surface area contributed by atoms with E-state index in [1.807, 2.05) is 27.7 Å². The van der Waals surface area contributed by atoms with Gasteiger partial charge in [-0.15, -0.1) is 0 Å². The highest BCUT2D eigenvalue weighted by atomic mass is 16.6. The number of amides is 1. The molecule has 0 radical (unpaired) electrons. The Balaban J connectivity index is 2.66. The van der Waals surface area contributed by atoms with Crippen LogP contribution in [0.4, 0.5) is 4.79 Å². The second-order valence-electron chi connectivity index (χ2n) is 5.04. The maximum Gasteiger partial charge on any atom is 0.412 e. The molecule has 1 rings (SSSR count). The Bertz CT molecular complexity index is 250. The van der Waals surface area contributed by atoms with E-state index in [1.165, 1.54) is 0 Å². The maximum absolute atomic E-state index is 11.9. The molecule has 1 heterocycles. The maximum atomic E-state index is 11.9. The van der Waals surface area contributed by atoms with Crippen LogP contribution < -0.4 is 5.32 Å². The summed E-state index contributed by atoms with van der Waals surface area (Å²) in [7, 11) is 1.60. The van der Waals surface area contributed by atoms with Crippen molar-refractivity contribution in [3.8, 4) is 0 Å². The molecule has 0 aromatic rings. The van der Waals surface area contributed by atoms with Gasteiger partial charge >= 0.3 is 6.09 Å². The van der Waals surface area contributed by atoms with Crippen molar-refractivity contribution in [2.75, 3.05) is 20.2 Å². The SMILES string of the molecule is COC1C(C)NCCN1C(=O)OC(C)(C)C. The first-order valence-corrected chi connectivity index (χ1v) is 5.61. The van der Waals surface area contributed by atoms with Crippen LogP contribution in [-0.4, -0.2) is 49.1 Å². The van der Waals surface area contributed by atoms with Gasteiger partial charge in [0.25, 0.3) is 0 Å². The van der Waals surface area contributed by atoms with Crippen LogP contribution in [0.1, 0.15) is 27.7 Å². The monoisotopic (exact) mass is 230 g/mol. The lowest BCUT2D eigenvalue weighted by Gasteiger charge is -2.39. The molecule has 1 N–H and O–H groups in total. The van der Waals surface area contributed by atoms with Crippen LogP contribution in [0.5, 0.6) is 0 Å². The minimum atomic E-state index is -0.469. The zero-order chi connectivity index (χ0) is 12.3. The molecule has 0 aliphatic carbocycles. The molecule has 0 aromatic heterocycles. The van der Waals surface area contributed by atoms with Crippen LogP contribution in [-0.2, 0) is 9.47 Å². The number of methoxy groups -OCH3 is 1. The van der Waals surface area contributed by atoms with Gasteiger partial charge in [0.15, 0.2) is 0 Å². The third kappa shape index (κ3) is 3.35. The van der Waals surface area contributed by atoms with E-state index in [0.717, 1.165) is 6.54 Å². The Labute approximate surface area is 97.1 Å². The molecule has 0 spiro atoms. The molecule has 0 bridgehead atoms. The molecule has 2 unspecified atom stereocenters. The molecule has 1 aliphatic heterocycles. The summed E-state index contributed by atoms with van der Waals surface area (Å²) in [6.07, 6.45) is -0.573. The number of nitrogens with one attached hydrogen (secondary N) is 1. The molecule has 1 fully saturated rings. The van der Waals surface area contributed by atoms with E-state index in [2.05, 4.69) is 5.32 Å². The number of nitrogens with zero attached hydrogens (tertiary/aromatic N) is 1. The zero-order valence-electron chi connectivity index (χ0n) is 10.7. The summed E-state index contributed by atoms with van der Waals surface area (Å²) >= 11 is 0. The highest BCUT2D eigenvalue weighted by Crippen LogP contribution is 2.15. The van der Waals surface area contributed by atoms with E-state index in [-0.39, 0.29) is 18.4 Å². The normalized spacial score (nSPS) is 26.7. The van der Waals surface area contributed by atoms with Crippen molar-refractivity contribution in [3.05, 3.63) is 0 Å². The van der Waals surface area contributed by atoms with Crippen LogP contribution in [0.2, 0.25) is 0 Å². The average molecular weight is 230 g/mol. The van der Waals surface area contributed by atoms with Gasteiger partial charge in [-0.05, 0) is 27.7 Å². The lowest BCUT2D eigenvalue weighted by atomic mass is 10.2. The van der Waals surface area contributed by atoms with Gasteiger partial charge in [0.05, 0.1) is 0 Å². The molecule has 1 aliphatic rings. The summed E-state index contributed by atoms with van der Waals surface area (Å²) in [5, 5.41) is 3.26. The van der Waals surface area contributed by atoms with Crippen LogP contribution in [0.15, 0.2) is 0 Å². The lowest BCUT2D eigenvalue weighted by molar-refractivity contribution is -0.0753. The average Bonchev–Trinajstić information content (AvgIpc) is 2.14. The third-order valence-electron chi connectivity index (χ3n) is 2.42. The van der Waals surface area contributed by atoms with Gasteiger partial charge in [0, 0.05) is 26.2 Å². The van der Waals surface area contributed by atoms with Crippen LogP contribution >= 0.6 is 0 Å². The highest BCUT2D eigenvalue weighted by Gasteiger charge is 2.34. The van der Waals surface area contributed by atoms with Gasteiger partial charge in [-0.1, -0.05) is 0 Å². The molecule has 5 nitrogen and oxygen atoms in total. The number of piperazine rings is 1. The lowest BCUT2D eigenvalue weighted by Crippen LogP contribution is -2.59. The molecule has 16 heavy (non-hydrogen) atoms. The summed E-state index contributed by atoms with van der Waals surface area (Å²) in [5.41, 5.74) is -0.469. The van der Waals surface area contributed by atoms with Gasteiger partial charge in [0.1, 0.15) is 11.8 Å². The van der Waals surface area contributed by atoms with Gasteiger partial charge in [-0.25, -0.2) is 4.79 Å². The quantitative estimate of drug-likeness (QED) is 0.735. The number of rotatable bonds is 1. The Morgan fingerprint density at radius 3 is 2.56 bits per heavy atom. The number of carbonyl (C=O) groups excluding carboxylic acids is 1. The number of carbonyl (C=O) groups is 1. The first-order valence-electron chi connectivity index (χ1n) is 5.61. The Morgan fingerprint density at radius 2 is 2.06 bits per heavy atom. The van der Waals surface area contributed by atoms with Crippen molar-refractivity contribution in [2.45, 2.75) is 45.6 Å². The molecule has 5 heteroatoms. The van der Waals surface area contributed by atoms with Crippen molar-refractivity contribution in [2.24, 2.45) is 0 Å². The largest absolute Gasteiger partial charge is 0.444 e. The van der Waals surface area contributed by atoms with Crippen LogP contribution in [0, 0.1) is 0 Å². The summed E-state index contributed by atoms with van der Waals surface area (Å²) in [5.74, 6) is 0. The van der Waals surface area contributed by atoms with Gasteiger partial charge in [0.2, 0.25) is 0 Å². The number of ether oxygens (including phenoxy) is 2. The van der Waals surface area contributed by atoms with Crippen LogP contribution in [0.3, 0.4) is 0 Å². The predicted octanol–water partition coefficient (Wildman–Crippen LogP) is 1.19. The Hall–Kier alpha value is -0.810. The first kappa shape index (κ1) is 13.3. The molecule has 1 saturated heterocycles. The molecule has 1 amide bonds. The molecule has 0 aromatic carbocycles. The zero-order valence-corrected chi connectivity index (χ0v) is 10.7. The second kappa shape index (κ2) is 5.01. The highest BCUT2D eigenvalue weighted by molar-refractivity contribution is 5.68. The Morgan fingerprint density at radius 1 is 1.44 bits per heavy atom. The minimum Gasteiger partial charge on any atom is -0.444 e.